The molecule has 2 aromatic rings. The van der Waals surface area contributed by atoms with E-state index in [-0.39, 0.29) is 5.56 Å². The second-order valence-corrected chi connectivity index (χ2v) is 4.43. The van der Waals surface area contributed by atoms with Crippen LogP contribution in [-0.4, -0.2) is 22.2 Å². The van der Waals surface area contributed by atoms with Crippen LogP contribution in [0.1, 0.15) is 27.4 Å². The van der Waals surface area contributed by atoms with Gasteiger partial charge in [-0.3, -0.25) is 4.79 Å². The summed E-state index contributed by atoms with van der Waals surface area (Å²) < 4.78 is 0. The van der Waals surface area contributed by atoms with E-state index >= 15 is 0 Å². The number of benzene rings is 2. The van der Waals surface area contributed by atoms with Gasteiger partial charge >= 0.3 is 11.9 Å². The van der Waals surface area contributed by atoms with Gasteiger partial charge in [0.15, 0.2) is 0 Å². The third kappa shape index (κ3) is 1.53. The van der Waals surface area contributed by atoms with E-state index in [0.29, 0.717) is 16.7 Å². The highest BCUT2D eigenvalue weighted by Gasteiger charge is 2.36. The predicted octanol–water partition coefficient (Wildman–Crippen LogP) is 2.58. The van der Waals surface area contributed by atoms with Crippen molar-refractivity contribution in [2.45, 2.75) is 5.92 Å². The number of carbonyl (C=O) groups is 2. The Kier molecular flexibility index (Phi) is 2.38. The molecule has 0 radical (unpaired) electrons. The number of carboxylic acids is 2. The first kappa shape index (κ1) is 11.5. The number of fused-ring (bicyclic) bond motifs is 3. The normalized spacial score (nSPS) is 15.7. The van der Waals surface area contributed by atoms with Gasteiger partial charge in [-0.05, 0) is 28.3 Å². The topological polar surface area (TPSA) is 74.6 Å². The lowest BCUT2D eigenvalue weighted by molar-refractivity contribution is -0.137. The summed E-state index contributed by atoms with van der Waals surface area (Å²) in [7, 11) is 0. The molecule has 0 amide bonds. The Morgan fingerprint density at radius 1 is 0.895 bits per heavy atom. The Morgan fingerprint density at radius 3 is 2.26 bits per heavy atom. The van der Waals surface area contributed by atoms with Crippen LogP contribution < -0.4 is 0 Å². The fraction of sp³-hybridized carbons (Fsp3) is 0.0667. The van der Waals surface area contributed by atoms with Crippen LogP contribution in [0, 0.1) is 0 Å². The number of hydrogen-bond donors (Lipinski definition) is 2. The van der Waals surface area contributed by atoms with E-state index in [4.69, 9.17) is 0 Å². The quantitative estimate of drug-likeness (QED) is 0.863. The first-order valence-electron chi connectivity index (χ1n) is 5.79. The summed E-state index contributed by atoms with van der Waals surface area (Å²) in [6.45, 7) is 0. The smallest absolute Gasteiger partial charge is 0.336 e. The van der Waals surface area contributed by atoms with E-state index in [1.165, 1.54) is 6.07 Å². The van der Waals surface area contributed by atoms with E-state index in [0.717, 1.165) is 5.56 Å². The van der Waals surface area contributed by atoms with Gasteiger partial charge in [0.2, 0.25) is 0 Å². The molecule has 0 saturated carbocycles. The van der Waals surface area contributed by atoms with Gasteiger partial charge in [0.05, 0.1) is 5.56 Å². The van der Waals surface area contributed by atoms with Crippen molar-refractivity contribution in [1.82, 2.24) is 0 Å². The molecule has 1 aliphatic carbocycles. The Bertz CT molecular complexity index is 703. The van der Waals surface area contributed by atoms with E-state index in [9.17, 15) is 19.8 Å². The summed E-state index contributed by atoms with van der Waals surface area (Å²) in [4.78, 5) is 22.8. The maximum atomic E-state index is 11.5. The zero-order valence-corrected chi connectivity index (χ0v) is 9.83. The number of aliphatic carboxylic acids is 1. The van der Waals surface area contributed by atoms with Gasteiger partial charge in [-0.25, -0.2) is 4.79 Å². The van der Waals surface area contributed by atoms with Crippen molar-refractivity contribution in [1.29, 1.82) is 0 Å². The Balaban J connectivity index is 2.38. The van der Waals surface area contributed by atoms with Crippen molar-refractivity contribution in [2.75, 3.05) is 0 Å². The number of aromatic carboxylic acids is 1. The van der Waals surface area contributed by atoms with Crippen molar-refractivity contribution >= 4 is 11.9 Å². The van der Waals surface area contributed by atoms with E-state index < -0.39 is 17.9 Å². The van der Waals surface area contributed by atoms with Crippen LogP contribution in [-0.2, 0) is 4.79 Å². The number of rotatable bonds is 2. The van der Waals surface area contributed by atoms with Crippen molar-refractivity contribution < 1.29 is 19.8 Å². The summed E-state index contributed by atoms with van der Waals surface area (Å²) in [5.41, 5.74) is 2.58. The molecule has 2 aromatic carbocycles. The molecule has 19 heavy (non-hydrogen) atoms. The molecule has 1 atom stereocenters. The van der Waals surface area contributed by atoms with Crippen molar-refractivity contribution in [3.05, 3.63) is 59.2 Å². The maximum absolute atomic E-state index is 11.5. The van der Waals surface area contributed by atoms with Gasteiger partial charge in [0.1, 0.15) is 5.92 Å². The molecular formula is C15H10O4. The zero-order chi connectivity index (χ0) is 13.6. The zero-order valence-electron chi connectivity index (χ0n) is 9.83. The summed E-state index contributed by atoms with van der Waals surface area (Å²) in [6, 6.07) is 12.0. The average molecular weight is 254 g/mol. The third-order valence-corrected chi connectivity index (χ3v) is 3.43. The second kappa shape index (κ2) is 3.95. The molecule has 0 fully saturated rings. The summed E-state index contributed by atoms with van der Waals surface area (Å²) in [5, 5.41) is 18.7. The van der Waals surface area contributed by atoms with Crippen molar-refractivity contribution in [2.24, 2.45) is 0 Å². The average Bonchev–Trinajstić information content (AvgIpc) is 2.72. The van der Waals surface area contributed by atoms with Gasteiger partial charge in [0.25, 0.3) is 0 Å². The first-order chi connectivity index (χ1) is 9.11. The lowest BCUT2D eigenvalue weighted by Gasteiger charge is -2.10. The molecule has 0 bridgehead atoms. The van der Waals surface area contributed by atoms with E-state index in [2.05, 4.69) is 0 Å². The molecule has 94 valence electrons. The van der Waals surface area contributed by atoms with Gasteiger partial charge in [-0.2, -0.15) is 0 Å². The fourth-order valence-electron chi connectivity index (χ4n) is 2.70. The minimum absolute atomic E-state index is 0.0566. The molecular weight excluding hydrogens is 244 g/mol. The van der Waals surface area contributed by atoms with Gasteiger partial charge in [-0.1, -0.05) is 36.4 Å². The van der Waals surface area contributed by atoms with E-state index in [1.54, 1.807) is 24.3 Å². The third-order valence-electron chi connectivity index (χ3n) is 3.43. The minimum atomic E-state index is -1.10. The molecule has 1 aliphatic rings. The summed E-state index contributed by atoms with van der Waals surface area (Å²) >= 11 is 0. The largest absolute Gasteiger partial charge is 0.481 e. The standard InChI is InChI=1S/C15H10O4/c16-14(17)11-7-3-6-9-8-4-1-2-5-10(8)13(12(9)11)15(18)19/h1-7,13H,(H,16,17)(H,18,19). The van der Waals surface area contributed by atoms with Gasteiger partial charge in [0, 0.05) is 0 Å². The molecule has 0 heterocycles. The maximum Gasteiger partial charge on any atom is 0.336 e. The molecule has 4 nitrogen and oxygen atoms in total. The molecule has 3 rings (SSSR count). The molecule has 0 aliphatic heterocycles. The second-order valence-electron chi connectivity index (χ2n) is 4.43. The lowest BCUT2D eigenvalue weighted by atomic mass is 9.93. The number of hydrogen-bond acceptors (Lipinski definition) is 2. The van der Waals surface area contributed by atoms with Crippen LogP contribution in [0.3, 0.4) is 0 Å². The highest BCUT2D eigenvalue weighted by Crippen LogP contribution is 2.46. The van der Waals surface area contributed by atoms with E-state index in [1.807, 2.05) is 12.1 Å². The van der Waals surface area contributed by atoms with Crippen LogP contribution in [0.4, 0.5) is 0 Å². The lowest BCUT2D eigenvalue weighted by Crippen LogP contribution is -2.14. The summed E-state index contributed by atoms with van der Waals surface area (Å²) in [5.74, 6) is -3.03. The van der Waals surface area contributed by atoms with Crippen LogP contribution in [0.5, 0.6) is 0 Å². The highest BCUT2D eigenvalue weighted by molar-refractivity contribution is 6.00. The Labute approximate surface area is 108 Å². The van der Waals surface area contributed by atoms with Crippen LogP contribution in [0.2, 0.25) is 0 Å². The SMILES string of the molecule is O=C(O)c1cccc2c1C(C(=O)O)c1ccccc1-2. The highest BCUT2D eigenvalue weighted by atomic mass is 16.4. The molecule has 1 unspecified atom stereocenters. The van der Waals surface area contributed by atoms with Gasteiger partial charge < -0.3 is 10.2 Å². The minimum Gasteiger partial charge on any atom is -0.481 e. The first-order valence-corrected chi connectivity index (χ1v) is 5.79. The Morgan fingerprint density at radius 2 is 1.58 bits per heavy atom. The molecule has 0 spiro atoms. The van der Waals surface area contributed by atoms with Crippen molar-refractivity contribution in [3.8, 4) is 11.1 Å². The molecule has 0 aromatic heterocycles. The summed E-state index contributed by atoms with van der Waals surface area (Å²) in [6.07, 6.45) is 0. The van der Waals surface area contributed by atoms with Crippen LogP contribution in [0.25, 0.3) is 11.1 Å². The van der Waals surface area contributed by atoms with Crippen molar-refractivity contribution in [3.63, 3.8) is 0 Å². The Hall–Kier alpha value is -2.62. The fourth-order valence-corrected chi connectivity index (χ4v) is 2.70. The van der Waals surface area contributed by atoms with Crippen LogP contribution >= 0.6 is 0 Å². The molecule has 4 heteroatoms. The van der Waals surface area contributed by atoms with Crippen LogP contribution in [0.15, 0.2) is 42.5 Å². The predicted molar refractivity (Wildman–Crippen MR) is 68.3 cm³/mol. The monoisotopic (exact) mass is 254 g/mol. The number of carboxylic acid groups (broad SMARTS) is 2. The van der Waals surface area contributed by atoms with Gasteiger partial charge in [-0.15, -0.1) is 0 Å². The molecule has 0 saturated heterocycles. The molecule has 2 N–H and O–H groups in total.